The lowest BCUT2D eigenvalue weighted by Gasteiger charge is -2.35. The Bertz CT molecular complexity index is 1580. The lowest BCUT2D eigenvalue weighted by atomic mass is 10.0. The van der Waals surface area contributed by atoms with Gasteiger partial charge in [-0.2, -0.15) is 18.2 Å². The number of aromatic nitrogens is 2. The van der Waals surface area contributed by atoms with E-state index in [1.165, 1.54) is 25.3 Å². The van der Waals surface area contributed by atoms with Gasteiger partial charge in [0.2, 0.25) is 0 Å². The van der Waals surface area contributed by atoms with Gasteiger partial charge in [0.05, 0.1) is 36.1 Å². The molecule has 2 heterocycles. The molecule has 0 aliphatic carbocycles. The zero-order valence-electron chi connectivity index (χ0n) is 20.2. The number of ether oxygens (including phenoxy) is 1. The van der Waals surface area contributed by atoms with Gasteiger partial charge in [-0.05, 0) is 53.6 Å². The molecule has 194 valence electrons. The molecule has 1 amide bonds. The molecule has 4 aromatic rings. The van der Waals surface area contributed by atoms with Crippen LogP contribution >= 0.6 is 0 Å². The van der Waals surface area contributed by atoms with Gasteiger partial charge < -0.3 is 19.5 Å². The highest BCUT2D eigenvalue weighted by Crippen LogP contribution is 2.33. The van der Waals surface area contributed by atoms with Crippen molar-refractivity contribution in [2.24, 2.45) is 0 Å². The molecule has 1 aliphatic rings. The first-order chi connectivity index (χ1) is 18.1. The summed E-state index contributed by atoms with van der Waals surface area (Å²) in [5.41, 5.74) is 2.29. The zero-order valence-corrected chi connectivity index (χ0v) is 20.2. The second-order valence-electron chi connectivity index (χ2n) is 8.55. The first-order valence-corrected chi connectivity index (χ1v) is 11.4. The van der Waals surface area contributed by atoms with Crippen LogP contribution in [0.3, 0.4) is 0 Å². The molecule has 0 bridgehead atoms. The topological polar surface area (TPSA) is 85.7 Å². The molecule has 5 rings (SSSR count). The predicted molar refractivity (Wildman–Crippen MR) is 134 cm³/mol. The summed E-state index contributed by atoms with van der Waals surface area (Å²) in [7, 11) is 1.51. The summed E-state index contributed by atoms with van der Waals surface area (Å²) in [4.78, 5) is 33.7. The van der Waals surface area contributed by atoms with Crippen molar-refractivity contribution in [1.29, 1.82) is 0 Å². The van der Waals surface area contributed by atoms with Crippen molar-refractivity contribution in [3.05, 3.63) is 90.0 Å². The van der Waals surface area contributed by atoms with E-state index in [9.17, 15) is 22.8 Å². The van der Waals surface area contributed by atoms with Gasteiger partial charge in [0.15, 0.2) is 6.17 Å². The van der Waals surface area contributed by atoms with Crippen LogP contribution in [0.4, 0.5) is 18.9 Å². The number of nitrogens with zero attached hydrogens (tertiary/aromatic N) is 3. The van der Waals surface area contributed by atoms with Gasteiger partial charge in [-0.25, -0.2) is 9.78 Å². The van der Waals surface area contributed by atoms with E-state index in [-0.39, 0.29) is 11.3 Å². The van der Waals surface area contributed by atoms with E-state index in [1.807, 2.05) is 13.1 Å². The molecule has 0 saturated carbocycles. The molecular formula is C27H21F3N4O4. The number of hydrogen-bond acceptors (Lipinski definition) is 6. The van der Waals surface area contributed by atoms with Gasteiger partial charge in [-0.3, -0.25) is 4.79 Å². The average Bonchev–Trinajstić information content (AvgIpc) is 3.33. The number of aryl methyl sites for hydroxylation is 1. The molecule has 38 heavy (non-hydrogen) atoms. The van der Waals surface area contributed by atoms with E-state index in [1.54, 1.807) is 59.4 Å². The maximum atomic E-state index is 13.1. The van der Waals surface area contributed by atoms with Crippen LogP contribution in [0.25, 0.3) is 22.5 Å². The summed E-state index contributed by atoms with van der Waals surface area (Å²) < 4.78 is 46.7. The number of hydroxylamine groups is 1. The van der Waals surface area contributed by atoms with Crippen LogP contribution < -0.4 is 15.1 Å². The van der Waals surface area contributed by atoms with Gasteiger partial charge in [0, 0.05) is 6.20 Å². The Hall–Kier alpha value is -4.80. The first-order valence-electron chi connectivity index (χ1n) is 11.4. The maximum absolute atomic E-state index is 13.1. The van der Waals surface area contributed by atoms with E-state index < -0.39 is 24.2 Å². The number of imidazole rings is 1. The van der Waals surface area contributed by atoms with Crippen molar-refractivity contribution in [3.63, 3.8) is 0 Å². The number of rotatable bonds is 5. The summed E-state index contributed by atoms with van der Waals surface area (Å²) in [5.74, 6) is -2.41. The van der Waals surface area contributed by atoms with E-state index in [0.717, 1.165) is 16.4 Å². The Morgan fingerprint density at radius 1 is 1.08 bits per heavy atom. The second kappa shape index (κ2) is 9.58. The minimum Gasteiger partial charge on any atom is -0.495 e. The number of fused-ring (bicyclic) bond motifs is 2. The first kappa shape index (κ1) is 24.9. The number of carbonyl (C=O) groups excluding carboxylic acids is 2. The third kappa shape index (κ3) is 4.77. The minimum absolute atomic E-state index is 0.0307. The lowest BCUT2D eigenvalue weighted by Crippen LogP contribution is -2.53. The number of halogens is 3. The monoisotopic (exact) mass is 522 g/mol. The van der Waals surface area contributed by atoms with Crippen LogP contribution in [-0.4, -0.2) is 40.9 Å². The molecule has 8 nitrogen and oxygen atoms in total. The average molecular weight is 522 g/mol. The number of methoxy groups -OCH3 is 1. The van der Waals surface area contributed by atoms with Gasteiger partial charge in [0.1, 0.15) is 5.75 Å². The number of anilines is 1. The number of alkyl halides is 3. The summed E-state index contributed by atoms with van der Waals surface area (Å²) in [6.07, 6.45) is 0.0331. The van der Waals surface area contributed by atoms with Crippen molar-refractivity contribution in [3.8, 4) is 11.4 Å². The molecule has 1 atom stereocenters. The fraction of sp³-hybridized carbons (Fsp3) is 0.148. The zero-order chi connectivity index (χ0) is 27.0. The molecule has 0 fully saturated rings. The summed E-state index contributed by atoms with van der Waals surface area (Å²) in [6.45, 7) is 1.86. The summed E-state index contributed by atoms with van der Waals surface area (Å²) >= 11 is 0. The minimum atomic E-state index is -5.23. The van der Waals surface area contributed by atoms with Crippen molar-refractivity contribution in [2.45, 2.75) is 19.3 Å². The molecule has 1 aliphatic heterocycles. The summed E-state index contributed by atoms with van der Waals surface area (Å²) in [5, 5.41) is 4.72. The van der Waals surface area contributed by atoms with Crippen molar-refractivity contribution < 1.29 is 32.3 Å². The molecule has 11 heteroatoms. The number of benzene rings is 3. The van der Waals surface area contributed by atoms with Crippen molar-refractivity contribution >= 4 is 34.4 Å². The molecule has 1 unspecified atom stereocenters. The standard InChI is InChI=1S/C27H21F3N4O4/c1-16-14-33(15-31-16)21-9-7-17(11-23(21)37-2)8-10-24-32-25(35)20-12-18-5-3-4-6-19(18)13-22(20)34(24)38-26(36)27(28,29)30/h3-15,24H,1-2H3,(H,32,35). The Morgan fingerprint density at radius 2 is 1.82 bits per heavy atom. The Labute approximate surface area is 214 Å². The van der Waals surface area contributed by atoms with E-state index in [2.05, 4.69) is 10.3 Å². The smallest absolute Gasteiger partial charge is 0.493 e. The molecular weight excluding hydrogens is 501 g/mol. The number of amides is 1. The fourth-order valence-electron chi connectivity index (χ4n) is 4.15. The molecule has 3 aromatic carbocycles. The van der Waals surface area contributed by atoms with Gasteiger partial charge >= 0.3 is 12.1 Å². The fourth-order valence-corrected chi connectivity index (χ4v) is 4.15. The molecule has 0 saturated heterocycles. The highest BCUT2D eigenvalue weighted by molar-refractivity contribution is 6.06. The normalized spacial score (nSPS) is 15.4. The van der Waals surface area contributed by atoms with Crippen LogP contribution in [0.2, 0.25) is 0 Å². The second-order valence-corrected chi connectivity index (χ2v) is 8.55. The van der Waals surface area contributed by atoms with Gasteiger partial charge in [-0.15, -0.1) is 0 Å². The van der Waals surface area contributed by atoms with Crippen LogP contribution in [0.15, 0.2) is 73.2 Å². The lowest BCUT2D eigenvalue weighted by molar-refractivity contribution is -0.202. The predicted octanol–water partition coefficient (Wildman–Crippen LogP) is 4.95. The maximum Gasteiger partial charge on any atom is 0.493 e. The number of hydrogen-bond donors (Lipinski definition) is 1. The molecule has 0 radical (unpaired) electrons. The van der Waals surface area contributed by atoms with E-state index >= 15 is 0 Å². The summed E-state index contributed by atoms with van der Waals surface area (Å²) in [6, 6.07) is 15.4. The SMILES string of the molecule is COc1cc(C=CC2NC(=O)c3cc4ccccc4cc3N2OC(=O)C(F)(F)F)ccc1-n1cnc(C)c1. The molecule has 1 N–H and O–H groups in total. The highest BCUT2D eigenvalue weighted by Gasteiger charge is 2.45. The van der Waals surface area contributed by atoms with Crippen LogP contribution in [0, 0.1) is 6.92 Å². The largest absolute Gasteiger partial charge is 0.495 e. The van der Waals surface area contributed by atoms with E-state index in [0.29, 0.717) is 22.1 Å². The number of nitrogens with one attached hydrogen (secondary N) is 1. The Balaban J connectivity index is 1.52. The van der Waals surface area contributed by atoms with Crippen LogP contribution in [0.1, 0.15) is 21.6 Å². The van der Waals surface area contributed by atoms with Crippen LogP contribution in [0.5, 0.6) is 5.75 Å². The Morgan fingerprint density at radius 3 is 2.47 bits per heavy atom. The van der Waals surface area contributed by atoms with Gasteiger partial charge in [0.25, 0.3) is 5.91 Å². The van der Waals surface area contributed by atoms with E-state index in [4.69, 9.17) is 9.57 Å². The highest BCUT2D eigenvalue weighted by atomic mass is 19.4. The third-order valence-corrected chi connectivity index (χ3v) is 5.96. The molecule has 0 spiro atoms. The van der Waals surface area contributed by atoms with Gasteiger partial charge in [-0.1, -0.05) is 36.4 Å². The van der Waals surface area contributed by atoms with Crippen molar-refractivity contribution in [1.82, 2.24) is 14.9 Å². The molecule has 1 aromatic heterocycles. The quantitative estimate of drug-likeness (QED) is 0.399. The Kier molecular flexibility index (Phi) is 6.27. The van der Waals surface area contributed by atoms with Crippen molar-refractivity contribution in [2.75, 3.05) is 12.2 Å². The number of carbonyl (C=O) groups is 2. The van der Waals surface area contributed by atoms with Crippen LogP contribution in [-0.2, 0) is 9.63 Å². The third-order valence-electron chi connectivity index (χ3n) is 5.96.